The number of para-hydroxylation sites is 1. The molecule has 1 unspecified atom stereocenters. The Labute approximate surface area is 154 Å². The smallest absolute Gasteiger partial charge is 0.286 e. The SMILES string of the molecule is COc1ccccc1C(=O)COc1ccc(CC2SC(=O)NC2=O)cc1. The molecule has 0 spiro atoms. The molecule has 0 saturated carbocycles. The predicted octanol–water partition coefficient (Wildman–Crippen LogP) is 2.85. The molecule has 1 N–H and O–H groups in total. The van der Waals surface area contributed by atoms with E-state index < -0.39 is 5.25 Å². The number of ether oxygens (including phenoxy) is 2. The van der Waals surface area contributed by atoms with E-state index in [9.17, 15) is 14.4 Å². The molecule has 6 nitrogen and oxygen atoms in total. The lowest BCUT2D eigenvalue weighted by atomic mass is 10.1. The van der Waals surface area contributed by atoms with E-state index in [-0.39, 0.29) is 23.5 Å². The third-order valence-corrected chi connectivity index (χ3v) is 4.87. The number of ketones is 1. The maximum absolute atomic E-state index is 12.3. The van der Waals surface area contributed by atoms with Gasteiger partial charge in [0.2, 0.25) is 11.7 Å². The number of benzene rings is 2. The number of carbonyl (C=O) groups is 3. The highest BCUT2D eigenvalue weighted by Crippen LogP contribution is 2.24. The van der Waals surface area contributed by atoms with Crippen LogP contribution in [0.15, 0.2) is 48.5 Å². The molecule has 0 aliphatic carbocycles. The van der Waals surface area contributed by atoms with E-state index in [1.165, 1.54) is 7.11 Å². The highest BCUT2D eigenvalue weighted by molar-refractivity contribution is 8.15. The van der Waals surface area contributed by atoms with Gasteiger partial charge in [0.25, 0.3) is 5.24 Å². The molecule has 1 atom stereocenters. The second kappa shape index (κ2) is 8.05. The number of nitrogens with one attached hydrogen (secondary N) is 1. The zero-order valence-electron chi connectivity index (χ0n) is 14.1. The number of carbonyl (C=O) groups excluding carboxylic acids is 3. The second-order valence-electron chi connectivity index (χ2n) is 5.64. The van der Waals surface area contributed by atoms with Gasteiger partial charge in [0, 0.05) is 0 Å². The molecule has 134 valence electrons. The molecule has 1 saturated heterocycles. The van der Waals surface area contributed by atoms with E-state index in [2.05, 4.69) is 5.32 Å². The number of rotatable bonds is 7. The quantitative estimate of drug-likeness (QED) is 0.754. The monoisotopic (exact) mass is 371 g/mol. The van der Waals surface area contributed by atoms with Crippen LogP contribution in [0.5, 0.6) is 11.5 Å². The zero-order chi connectivity index (χ0) is 18.5. The van der Waals surface area contributed by atoms with Crippen molar-refractivity contribution < 1.29 is 23.9 Å². The highest BCUT2D eigenvalue weighted by Gasteiger charge is 2.31. The Morgan fingerprint density at radius 2 is 1.85 bits per heavy atom. The van der Waals surface area contributed by atoms with Gasteiger partial charge in [-0.1, -0.05) is 36.0 Å². The first-order valence-electron chi connectivity index (χ1n) is 7.96. The summed E-state index contributed by atoms with van der Waals surface area (Å²) in [7, 11) is 1.52. The van der Waals surface area contributed by atoms with Crippen LogP contribution in [0.25, 0.3) is 0 Å². The Morgan fingerprint density at radius 3 is 2.50 bits per heavy atom. The molecule has 2 aromatic rings. The van der Waals surface area contributed by atoms with Crippen LogP contribution in [0, 0.1) is 0 Å². The number of Topliss-reactive ketones (excluding diaryl/α,β-unsaturated/α-hetero) is 1. The van der Waals surface area contributed by atoms with Gasteiger partial charge < -0.3 is 9.47 Å². The first-order chi connectivity index (χ1) is 12.6. The molecule has 1 heterocycles. The van der Waals surface area contributed by atoms with Crippen molar-refractivity contribution in [3.63, 3.8) is 0 Å². The van der Waals surface area contributed by atoms with Gasteiger partial charge in [0.1, 0.15) is 11.5 Å². The van der Waals surface area contributed by atoms with Crippen molar-refractivity contribution in [2.45, 2.75) is 11.7 Å². The summed E-state index contributed by atoms with van der Waals surface area (Å²) in [5.74, 6) is 0.627. The summed E-state index contributed by atoms with van der Waals surface area (Å²) in [5.41, 5.74) is 1.39. The molecule has 0 aromatic heterocycles. The van der Waals surface area contributed by atoms with E-state index in [1.54, 1.807) is 36.4 Å². The van der Waals surface area contributed by atoms with E-state index >= 15 is 0 Å². The second-order valence-corrected chi connectivity index (χ2v) is 6.82. The number of imide groups is 1. The molecule has 0 radical (unpaired) electrons. The lowest BCUT2D eigenvalue weighted by molar-refractivity contribution is -0.118. The Kier molecular flexibility index (Phi) is 5.58. The fraction of sp³-hybridized carbons (Fsp3) is 0.211. The van der Waals surface area contributed by atoms with Crippen LogP contribution in [-0.4, -0.2) is 35.9 Å². The van der Waals surface area contributed by atoms with Gasteiger partial charge in [-0.2, -0.15) is 0 Å². The Bertz CT molecular complexity index is 834. The third-order valence-electron chi connectivity index (χ3n) is 3.89. The maximum atomic E-state index is 12.3. The van der Waals surface area contributed by atoms with Gasteiger partial charge in [-0.15, -0.1) is 0 Å². The van der Waals surface area contributed by atoms with Crippen LogP contribution in [0.1, 0.15) is 15.9 Å². The summed E-state index contributed by atoms with van der Waals surface area (Å²) in [5, 5.41) is 1.56. The van der Waals surface area contributed by atoms with E-state index in [4.69, 9.17) is 9.47 Å². The normalized spacial score (nSPS) is 16.3. The standard InChI is InChI=1S/C19H17NO5S/c1-24-16-5-3-2-4-14(16)15(21)11-25-13-8-6-12(7-9-13)10-17-18(22)20-19(23)26-17/h2-9,17H,10-11H2,1H3,(H,20,22,23). The molecular formula is C19H17NO5S. The summed E-state index contributed by atoms with van der Waals surface area (Å²) in [4.78, 5) is 35.1. The summed E-state index contributed by atoms with van der Waals surface area (Å²) >= 11 is 1.00. The van der Waals surface area contributed by atoms with Crippen molar-refractivity contribution in [2.24, 2.45) is 0 Å². The van der Waals surface area contributed by atoms with Crippen molar-refractivity contribution >= 4 is 28.7 Å². The van der Waals surface area contributed by atoms with Gasteiger partial charge >= 0.3 is 0 Å². The van der Waals surface area contributed by atoms with Gasteiger partial charge in [0.15, 0.2) is 6.61 Å². The van der Waals surface area contributed by atoms with E-state index in [0.29, 0.717) is 23.5 Å². The van der Waals surface area contributed by atoms with Crippen LogP contribution < -0.4 is 14.8 Å². The predicted molar refractivity (Wildman–Crippen MR) is 97.9 cm³/mol. The number of hydrogen-bond donors (Lipinski definition) is 1. The van der Waals surface area contributed by atoms with Crippen LogP contribution >= 0.6 is 11.8 Å². The Hall–Kier alpha value is -2.80. The molecule has 26 heavy (non-hydrogen) atoms. The molecule has 1 fully saturated rings. The summed E-state index contributed by atoms with van der Waals surface area (Å²) in [6, 6.07) is 14.1. The molecule has 2 amide bonds. The molecule has 1 aliphatic heterocycles. The average molecular weight is 371 g/mol. The Morgan fingerprint density at radius 1 is 1.12 bits per heavy atom. The van der Waals surface area contributed by atoms with E-state index in [0.717, 1.165) is 17.3 Å². The summed E-state index contributed by atoms with van der Waals surface area (Å²) in [6.45, 7) is -0.102. The van der Waals surface area contributed by atoms with Crippen molar-refractivity contribution in [3.05, 3.63) is 59.7 Å². The van der Waals surface area contributed by atoms with Crippen LogP contribution in [0.3, 0.4) is 0 Å². The number of hydrogen-bond acceptors (Lipinski definition) is 6. The first-order valence-corrected chi connectivity index (χ1v) is 8.84. The van der Waals surface area contributed by atoms with Crippen LogP contribution in [-0.2, 0) is 11.2 Å². The third kappa shape index (κ3) is 4.23. The van der Waals surface area contributed by atoms with Crippen molar-refractivity contribution in [2.75, 3.05) is 13.7 Å². The molecule has 3 rings (SSSR count). The maximum Gasteiger partial charge on any atom is 0.286 e. The minimum atomic E-state index is -0.401. The van der Waals surface area contributed by atoms with Crippen molar-refractivity contribution in [1.29, 1.82) is 0 Å². The number of methoxy groups -OCH3 is 1. The van der Waals surface area contributed by atoms with Gasteiger partial charge in [-0.3, -0.25) is 19.7 Å². The largest absolute Gasteiger partial charge is 0.496 e. The van der Waals surface area contributed by atoms with Crippen LogP contribution in [0.2, 0.25) is 0 Å². The first kappa shape index (κ1) is 18.0. The summed E-state index contributed by atoms with van der Waals surface area (Å²) < 4.78 is 10.7. The topological polar surface area (TPSA) is 81.7 Å². The average Bonchev–Trinajstić information content (AvgIpc) is 2.97. The van der Waals surface area contributed by atoms with Gasteiger partial charge in [0.05, 0.1) is 17.9 Å². The van der Waals surface area contributed by atoms with E-state index in [1.807, 2.05) is 12.1 Å². The van der Waals surface area contributed by atoms with Crippen LogP contribution in [0.4, 0.5) is 4.79 Å². The van der Waals surface area contributed by atoms with Crippen molar-refractivity contribution in [3.8, 4) is 11.5 Å². The minimum Gasteiger partial charge on any atom is -0.496 e. The molecule has 7 heteroatoms. The number of thioether (sulfide) groups is 1. The molecule has 1 aliphatic rings. The minimum absolute atomic E-state index is 0.102. The Balaban J connectivity index is 1.57. The number of amides is 2. The fourth-order valence-electron chi connectivity index (χ4n) is 2.57. The lowest BCUT2D eigenvalue weighted by Gasteiger charge is -2.10. The van der Waals surface area contributed by atoms with Gasteiger partial charge in [-0.25, -0.2) is 0 Å². The lowest BCUT2D eigenvalue weighted by Crippen LogP contribution is -2.25. The fourth-order valence-corrected chi connectivity index (χ4v) is 3.42. The van der Waals surface area contributed by atoms with Crippen molar-refractivity contribution in [1.82, 2.24) is 5.32 Å². The summed E-state index contributed by atoms with van der Waals surface area (Å²) in [6.07, 6.45) is 0.461. The zero-order valence-corrected chi connectivity index (χ0v) is 14.9. The molecule has 2 aromatic carbocycles. The highest BCUT2D eigenvalue weighted by atomic mass is 32.2. The molecule has 0 bridgehead atoms. The van der Waals surface area contributed by atoms with Gasteiger partial charge in [-0.05, 0) is 36.2 Å². The molecular weight excluding hydrogens is 354 g/mol.